The van der Waals surface area contributed by atoms with Gasteiger partial charge in [-0.05, 0) is 36.4 Å². The predicted octanol–water partition coefficient (Wildman–Crippen LogP) is 5.15. The van der Waals surface area contributed by atoms with E-state index in [2.05, 4.69) is 32.5 Å². The van der Waals surface area contributed by atoms with Gasteiger partial charge in [0.05, 0.1) is 11.6 Å². The minimum atomic E-state index is -0.0803. The van der Waals surface area contributed by atoms with Gasteiger partial charge in [0.15, 0.2) is 5.82 Å². The molecular formula is C26H24N4O. The number of carbonyl (C=O) groups excluding carboxylic acids is 1. The van der Waals surface area contributed by atoms with Crippen LogP contribution in [0.1, 0.15) is 12.8 Å². The zero-order chi connectivity index (χ0) is 21.0. The van der Waals surface area contributed by atoms with Crippen LogP contribution in [-0.2, 0) is 4.79 Å². The number of hydrogen-bond donors (Lipinski definition) is 1. The highest BCUT2D eigenvalue weighted by Gasteiger charge is 2.27. The van der Waals surface area contributed by atoms with Crippen LogP contribution in [0, 0.1) is 5.92 Å². The Morgan fingerprint density at radius 3 is 2.52 bits per heavy atom. The normalized spacial score (nSPS) is 16.3. The van der Waals surface area contributed by atoms with Crippen LogP contribution in [0.4, 0.5) is 11.5 Å². The molecule has 1 N–H and O–H groups in total. The summed E-state index contributed by atoms with van der Waals surface area (Å²) in [6.45, 7) is 1.54. The van der Waals surface area contributed by atoms with Crippen LogP contribution in [0.5, 0.6) is 0 Å². The van der Waals surface area contributed by atoms with Crippen LogP contribution < -0.4 is 10.2 Å². The zero-order valence-electron chi connectivity index (χ0n) is 17.2. The van der Waals surface area contributed by atoms with Gasteiger partial charge in [0.1, 0.15) is 0 Å². The fourth-order valence-electron chi connectivity index (χ4n) is 4.23. The molecule has 31 heavy (non-hydrogen) atoms. The molecule has 0 spiro atoms. The fraction of sp³-hybridized carbons (Fsp3) is 0.192. The van der Waals surface area contributed by atoms with Gasteiger partial charge in [-0.3, -0.25) is 4.79 Å². The Morgan fingerprint density at radius 1 is 0.871 bits per heavy atom. The summed E-state index contributed by atoms with van der Waals surface area (Å²) in [6, 6.07) is 28.1. The monoisotopic (exact) mass is 408 g/mol. The summed E-state index contributed by atoms with van der Waals surface area (Å²) in [6.07, 6.45) is 1.83. The van der Waals surface area contributed by atoms with E-state index in [9.17, 15) is 4.79 Å². The third-order valence-electron chi connectivity index (χ3n) is 5.88. The Bertz CT molecular complexity index is 1190. The lowest BCUT2D eigenvalue weighted by Gasteiger charge is -2.32. The summed E-state index contributed by atoms with van der Waals surface area (Å²) >= 11 is 0. The maximum Gasteiger partial charge on any atom is 0.229 e. The van der Waals surface area contributed by atoms with Gasteiger partial charge in [-0.15, -0.1) is 10.2 Å². The number of amides is 1. The van der Waals surface area contributed by atoms with Crippen molar-refractivity contribution < 1.29 is 4.79 Å². The first-order valence-electron chi connectivity index (χ1n) is 10.7. The minimum absolute atomic E-state index is 0.0647. The van der Waals surface area contributed by atoms with Crippen LogP contribution in [0.15, 0.2) is 84.9 Å². The first-order valence-corrected chi connectivity index (χ1v) is 10.7. The van der Waals surface area contributed by atoms with Crippen molar-refractivity contribution in [2.24, 2.45) is 5.92 Å². The molecule has 1 fully saturated rings. The summed E-state index contributed by atoms with van der Waals surface area (Å²) in [4.78, 5) is 15.2. The van der Waals surface area contributed by atoms with Gasteiger partial charge in [0.25, 0.3) is 0 Å². The van der Waals surface area contributed by atoms with Gasteiger partial charge in [-0.1, -0.05) is 66.7 Å². The number of anilines is 2. The Hall–Kier alpha value is -3.73. The highest BCUT2D eigenvalue weighted by Crippen LogP contribution is 2.27. The maximum absolute atomic E-state index is 13.1. The van der Waals surface area contributed by atoms with Gasteiger partial charge in [-0.2, -0.15) is 0 Å². The second-order valence-corrected chi connectivity index (χ2v) is 7.94. The number of hydrogen-bond acceptors (Lipinski definition) is 4. The molecule has 1 atom stereocenters. The average molecular weight is 409 g/mol. The molecule has 1 unspecified atom stereocenters. The number of fused-ring (bicyclic) bond motifs is 1. The van der Waals surface area contributed by atoms with E-state index < -0.39 is 0 Å². The first kappa shape index (κ1) is 19.2. The molecule has 1 saturated heterocycles. The Balaban J connectivity index is 1.29. The van der Waals surface area contributed by atoms with Crippen molar-refractivity contribution in [3.8, 4) is 11.3 Å². The van der Waals surface area contributed by atoms with Gasteiger partial charge >= 0.3 is 0 Å². The fourth-order valence-corrected chi connectivity index (χ4v) is 4.23. The Morgan fingerprint density at radius 2 is 1.68 bits per heavy atom. The van der Waals surface area contributed by atoms with Crippen molar-refractivity contribution in [1.29, 1.82) is 0 Å². The smallest absolute Gasteiger partial charge is 0.229 e. The minimum Gasteiger partial charge on any atom is -0.354 e. The van der Waals surface area contributed by atoms with Crippen LogP contribution in [0.2, 0.25) is 0 Å². The van der Waals surface area contributed by atoms with Crippen molar-refractivity contribution in [3.63, 3.8) is 0 Å². The first-order chi connectivity index (χ1) is 15.3. The summed E-state index contributed by atoms with van der Waals surface area (Å²) in [5.41, 5.74) is 2.77. The molecule has 1 amide bonds. The summed E-state index contributed by atoms with van der Waals surface area (Å²) < 4.78 is 0. The summed E-state index contributed by atoms with van der Waals surface area (Å²) in [5.74, 6) is 0.806. The van der Waals surface area contributed by atoms with E-state index in [-0.39, 0.29) is 11.8 Å². The molecule has 0 aliphatic carbocycles. The van der Waals surface area contributed by atoms with Crippen LogP contribution in [0.3, 0.4) is 0 Å². The van der Waals surface area contributed by atoms with E-state index in [1.165, 1.54) is 0 Å². The van der Waals surface area contributed by atoms with E-state index in [4.69, 9.17) is 0 Å². The molecule has 1 aliphatic rings. The summed E-state index contributed by atoms with van der Waals surface area (Å²) in [5, 5.41) is 14.2. The van der Waals surface area contributed by atoms with Gasteiger partial charge in [0, 0.05) is 29.7 Å². The van der Waals surface area contributed by atoms with Gasteiger partial charge in [-0.25, -0.2) is 0 Å². The summed E-state index contributed by atoms with van der Waals surface area (Å²) in [7, 11) is 0. The van der Waals surface area contributed by atoms with E-state index in [1.807, 2.05) is 72.8 Å². The number of piperidine rings is 1. The van der Waals surface area contributed by atoms with Crippen LogP contribution in [-0.4, -0.2) is 29.2 Å². The molecule has 3 aromatic carbocycles. The maximum atomic E-state index is 13.1. The van der Waals surface area contributed by atoms with E-state index in [0.29, 0.717) is 6.54 Å². The van der Waals surface area contributed by atoms with Gasteiger partial charge in [0.2, 0.25) is 5.91 Å². The van der Waals surface area contributed by atoms with Crippen molar-refractivity contribution in [2.45, 2.75) is 12.8 Å². The zero-order valence-corrected chi connectivity index (χ0v) is 17.2. The number of nitrogens with zero attached hydrogens (tertiary/aromatic N) is 3. The van der Waals surface area contributed by atoms with Crippen LogP contribution >= 0.6 is 0 Å². The number of aromatic nitrogens is 2. The standard InChI is InChI=1S/C26H24N4O/c31-26(27-24-14-6-11-19-8-4-5-13-22(19)24)21-12-7-17-30(18-21)25-16-15-23(28-29-25)20-9-2-1-3-10-20/h1-6,8-11,13-16,21H,7,12,17-18H2,(H,27,31). The average Bonchev–Trinajstić information content (AvgIpc) is 2.85. The number of benzene rings is 3. The Kier molecular flexibility index (Phi) is 5.31. The topological polar surface area (TPSA) is 58.1 Å². The number of carbonyl (C=O) groups is 1. The SMILES string of the molecule is O=C(Nc1cccc2ccccc12)C1CCCN(c2ccc(-c3ccccc3)nn2)C1. The molecule has 0 saturated carbocycles. The van der Waals surface area contributed by atoms with Gasteiger partial charge < -0.3 is 10.2 Å². The largest absolute Gasteiger partial charge is 0.354 e. The number of rotatable bonds is 4. The highest BCUT2D eigenvalue weighted by atomic mass is 16.1. The van der Waals surface area contributed by atoms with E-state index in [1.54, 1.807) is 0 Å². The highest BCUT2D eigenvalue weighted by molar-refractivity contribution is 6.03. The molecule has 4 aromatic rings. The van der Waals surface area contributed by atoms with E-state index in [0.717, 1.165) is 52.9 Å². The molecule has 154 valence electrons. The molecule has 0 radical (unpaired) electrons. The molecule has 5 nitrogen and oxygen atoms in total. The predicted molar refractivity (Wildman–Crippen MR) is 125 cm³/mol. The molecule has 1 aliphatic heterocycles. The van der Waals surface area contributed by atoms with Crippen molar-refractivity contribution >= 4 is 28.2 Å². The van der Waals surface area contributed by atoms with Crippen LogP contribution in [0.25, 0.3) is 22.0 Å². The lowest BCUT2D eigenvalue weighted by atomic mass is 9.96. The van der Waals surface area contributed by atoms with E-state index >= 15 is 0 Å². The second-order valence-electron chi connectivity index (χ2n) is 7.94. The quantitative estimate of drug-likeness (QED) is 0.507. The molecule has 5 heteroatoms. The third kappa shape index (κ3) is 4.12. The lowest BCUT2D eigenvalue weighted by Crippen LogP contribution is -2.41. The Labute approximate surface area is 181 Å². The lowest BCUT2D eigenvalue weighted by molar-refractivity contribution is -0.120. The molecular weight excluding hydrogens is 384 g/mol. The molecule has 0 bridgehead atoms. The third-order valence-corrected chi connectivity index (χ3v) is 5.88. The molecule has 5 rings (SSSR count). The molecule has 1 aromatic heterocycles. The second kappa shape index (κ2) is 8.56. The number of nitrogens with one attached hydrogen (secondary N) is 1. The molecule has 2 heterocycles. The van der Waals surface area contributed by atoms with Crippen molar-refractivity contribution in [2.75, 3.05) is 23.3 Å². The van der Waals surface area contributed by atoms with Crippen molar-refractivity contribution in [3.05, 3.63) is 84.9 Å². The van der Waals surface area contributed by atoms with Crippen molar-refractivity contribution in [1.82, 2.24) is 10.2 Å².